The molecule has 0 rings (SSSR count). The van der Waals surface area contributed by atoms with Crippen molar-refractivity contribution in [2.45, 2.75) is 26.7 Å². The topological polar surface area (TPSA) is 60.9 Å². The number of aliphatic carboxylic acids is 1. The molecule has 0 spiro atoms. The predicted molar refractivity (Wildman–Crippen MR) is 66.8 cm³/mol. The molecule has 0 fully saturated rings. The summed E-state index contributed by atoms with van der Waals surface area (Å²) in [6, 6.07) is 0. The van der Waals surface area contributed by atoms with Gasteiger partial charge in [-0.05, 0) is 27.1 Å². The van der Waals surface area contributed by atoms with Crippen molar-refractivity contribution < 1.29 is 14.7 Å². The SMILES string of the molecule is CC(C)C(=O)N(CCCN(C)C)CCC(=O)O. The van der Waals surface area contributed by atoms with Gasteiger partial charge in [-0.2, -0.15) is 0 Å². The van der Waals surface area contributed by atoms with Gasteiger partial charge in [-0.3, -0.25) is 9.59 Å². The van der Waals surface area contributed by atoms with Gasteiger partial charge in [0.15, 0.2) is 0 Å². The molecular weight excluding hydrogens is 220 g/mol. The third-order valence-electron chi connectivity index (χ3n) is 2.43. The molecule has 0 aliphatic heterocycles. The number of nitrogens with zero attached hydrogens (tertiary/aromatic N) is 2. The van der Waals surface area contributed by atoms with Gasteiger partial charge >= 0.3 is 5.97 Å². The number of carboxylic acid groups (broad SMARTS) is 1. The minimum atomic E-state index is -0.862. The molecule has 1 N–H and O–H groups in total. The molecule has 17 heavy (non-hydrogen) atoms. The first-order valence-electron chi connectivity index (χ1n) is 6.00. The van der Waals surface area contributed by atoms with E-state index >= 15 is 0 Å². The Labute approximate surface area is 103 Å². The average molecular weight is 244 g/mol. The molecule has 100 valence electrons. The molecule has 1 amide bonds. The predicted octanol–water partition coefficient (Wildman–Crippen LogP) is 0.897. The van der Waals surface area contributed by atoms with Crippen LogP contribution in [0.4, 0.5) is 0 Å². The first kappa shape index (κ1) is 15.9. The summed E-state index contributed by atoms with van der Waals surface area (Å²) in [5, 5.41) is 8.65. The van der Waals surface area contributed by atoms with Gasteiger partial charge in [-0.25, -0.2) is 0 Å². The zero-order chi connectivity index (χ0) is 13.4. The summed E-state index contributed by atoms with van der Waals surface area (Å²) >= 11 is 0. The lowest BCUT2D eigenvalue weighted by Crippen LogP contribution is -2.37. The molecule has 5 nitrogen and oxygen atoms in total. The van der Waals surface area contributed by atoms with E-state index in [0.717, 1.165) is 13.0 Å². The zero-order valence-corrected chi connectivity index (χ0v) is 11.3. The highest BCUT2D eigenvalue weighted by atomic mass is 16.4. The van der Waals surface area contributed by atoms with E-state index in [4.69, 9.17) is 5.11 Å². The van der Waals surface area contributed by atoms with Gasteiger partial charge in [0.25, 0.3) is 0 Å². The maximum Gasteiger partial charge on any atom is 0.305 e. The second-order valence-electron chi connectivity index (χ2n) is 4.78. The fourth-order valence-corrected chi connectivity index (χ4v) is 1.51. The highest BCUT2D eigenvalue weighted by Crippen LogP contribution is 2.04. The van der Waals surface area contributed by atoms with Crippen LogP contribution < -0.4 is 0 Å². The Morgan fingerprint density at radius 2 is 1.71 bits per heavy atom. The molecule has 0 unspecified atom stereocenters. The Morgan fingerprint density at radius 3 is 2.12 bits per heavy atom. The third kappa shape index (κ3) is 7.74. The molecule has 0 aromatic rings. The summed E-state index contributed by atoms with van der Waals surface area (Å²) in [6.07, 6.45) is 0.880. The van der Waals surface area contributed by atoms with Crippen LogP contribution in [0.5, 0.6) is 0 Å². The Hall–Kier alpha value is -1.10. The Bertz CT molecular complexity index is 252. The van der Waals surface area contributed by atoms with Crippen LogP contribution >= 0.6 is 0 Å². The van der Waals surface area contributed by atoms with Crippen molar-refractivity contribution in [3.8, 4) is 0 Å². The van der Waals surface area contributed by atoms with Crippen LogP contribution in [0.3, 0.4) is 0 Å². The van der Waals surface area contributed by atoms with Gasteiger partial charge in [-0.1, -0.05) is 13.8 Å². The number of carbonyl (C=O) groups excluding carboxylic acids is 1. The standard InChI is InChI=1S/C12H24N2O3/c1-10(2)12(17)14(9-6-11(15)16)8-5-7-13(3)4/h10H,5-9H2,1-4H3,(H,15,16). The summed E-state index contributed by atoms with van der Waals surface area (Å²) in [7, 11) is 3.96. The Balaban J connectivity index is 4.20. The molecular formula is C12H24N2O3. The molecule has 0 aliphatic carbocycles. The number of carboxylic acids is 1. The average Bonchev–Trinajstić information content (AvgIpc) is 2.21. The van der Waals surface area contributed by atoms with E-state index in [9.17, 15) is 9.59 Å². The van der Waals surface area contributed by atoms with E-state index in [2.05, 4.69) is 4.90 Å². The van der Waals surface area contributed by atoms with Gasteiger partial charge in [0.2, 0.25) is 5.91 Å². The van der Waals surface area contributed by atoms with Crippen molar-refractivity contribution in [2.24, 2.45) is 5.92 Å². The summed E-state index contributed by atoms with van der Waals surface area (Å²) in [6.45, 7) is 5.50. The summed E-state index contributed by atoms with van der Waals surface area (Å²) in [5.41, 5.74) is 0. The first-order chi connectivity index (χ1) is 7.84. The maximum atomic E-state index is 11.9. The molecule has 5 heteroatoms. The highest BCUT2D eigenvalue weighted by molar-refractivity contribution is 5.78. The van der Waals surface area contributed by atoms with Gasteiger partial charge < -0.3 is 14.9 Å². The van der Waals surface area contributed by atoms with Crippen LogP contribution in [0.25, 0.3) is 0 Å². The van der Waals surface area contributed by atoms with E-state index in [1.807, 2.05) is 27.9 Å². The lowest BCUT2D eigenvalue weighted by Gasteiger charge is -2.24. The fraction of sp³-hybridized carbons (Fsp3) is 0.833. The van der Waals surface area contributed by atoms with Crippen LogP contribution in [0.2, 0.25) is 0 Å². The van der Waals surface area contributed by atoms with Crippen molar-refractivity contribution in [1.82, 2.24) is 9.80 Å². The van der Waals surface area contributed by atoms with Crippen LogP contribution in [-0.4, -0.2) is 60.5 Å². The summed E-state index contributed by atoms with van der Waals surface area (Å²) in [4.78, 5) is 26.1. The van der Waals surface area contributed by atoms with Crippen LogP contribution in [-0.2, 0) is 9.59 Å². The molecule has 0 aromatic heterocycles. The van der Waals surface area contributed by atoms with Crippen molar-refractivity contribution >= 4 is 11.9 Å². The Kier molecular flexibility index (Phi) is 7.54. The largest absolute Gasteiger partial charge is 0.481 e. The second-order valence-corrected chi connectivity index (χ2v) is 4.78. The molecule has 0 heterocycles. The zero-order valence-electron chi connectivity index (χ0n) is 11.3. The molecule has 0 saturated heterocycles. The monoisotopic (exact) mass is 244 g/mol. The van der Waals surface area contributed by atoms with Crippen LogP contribution in [0.1, 0.15) is 26.7 Å². The van der Waals surface area contributed by atoms with Crippen molar-refractivity contribution in [2.75, 3.05) is 33.7 Å². The van der Waals surface area contributed by atoms with Crippen LogP contribution in [0.15, 0.2) is 0 Å². The Morgan fingerprint density at radius 1 is 1.12 bits per heavy atom. The number of hydrogen-bond acceptors (Lipinski definition) is 3. The van der Waals surface area contributed by atoms with E-state index in [-0.39, 0.29) is 18.2 Å². The molecule has 0 aliphatic rings. The maximum absolute atomic E-state index is 11.9. The summed E-state index contributed by atoms with van der Waals surface area (Å²) < 4.78 is 0. The number of hydrogen-bond donors (Lipinski definition) is 1. The first-order valence-corrected chi connectivity index (χ1v) is 6.00. The van der Waals surface area contributed by atoms with Gasteiger partial charge in [0.05, 0.1) is 6.42 Å². The van der Waals surface area contributed by atoms with E-state index in [1.54, 1.807) is 4.90 Å². The quantitative estimate of drug-likeness (QED) is 0.689. The molecule has 0 saturated carbocycles. The van der Waals surface area contributed by atoms with Crippen molar-refractivity contribution in [3.63, 3.8) is 0 Å². The molecule has 0 bridgehead atoms. The smallest absolute Gasteiger partial charge is 0.305 e. The fourth-order valence-electron chi connectivity index (χ4n) is 1.51. The molecule has 0 radical (unpaired) electrons. The lowest BCUT2D eigenvalue weighted by atomic mass is 10.1. The highest BCUT2D eigenvalue weighted by Gasteiger charge is 2.17. The van der Waals surface area contributed by atoms with E-state index in [0.29, 0.717) is 13.1 Å². The number of carbonyl (C=O) groups is 2. The normalized spacial score (nSPS) is 10.9. The minimum absolute atomic E-state index is 0.0143. The minimum Gasteiger partial charge on any atom is -0.481 e. The van der Waals surface area contributed by atoms with E-state index < -0.39 is 5.97 Å². The lowest BCUT2D eigenvalue weighted by molar-refractivity contribution is -0.139. The van der Waals surface area contributed by atoms with Crippen molar-refractivity contribution in [1.29, 1.82) is 0 Å². The van der Waals surface area contributed by atoms with Gasteiger partial charge in [0, 0.05) is 19.0 Å². The van der Waals surface area contributed by atoms with Gasteiger partial charge in [-0.15, -0.1) is 0 Å². The van der Waals surface area contributed by atoms with Crippen LogP contribution in [0, 0.1) is 5.92 Å². The molecule has 0 aromatic carbocycles. The van der Waals surface area contributed by atoms with E-state index in [1.165, 1.54) is 0 Å². The van der Waals surface area contributed by atoms with Gasteiger partial charge in [0.1, 0.15) is 0 Å². The number of rotatable bonds is 8. The molecule has 0 atom stereocenters. The third-order valence-corrected chi connectivity index (χ3v) is 2.43. The number of amides is 1. The second kappa shape index (κ2) is 8.06. The summed E-state index contributed by atoms with van der Waals surface area (Å²) in [5.74, 6) is -0.910. The van der Waals surface area contributed by atoms with Crippen molar-refractivity contribution in [3.05, 3.63) is 0 Å².